The zero-order chi connectivity index (χ0) is 13.0. The van der Waals surface area contributed by atoms with Crippen molar-refractivity contribution >= 4 is 15.9 Å². The standard InChI is InChI=1S/C16H24BrN/c1-3-13-8-10-14(11-9-13)18-12(2)15-6-4-5-7-16(15)17/h4-7,12-14,18H,3,8-11H2,1-2H3/t12-,13?,14?/m0/s1. The van der Waals surface area contributed by atoms with E-state index in [-0.39, 0.29) is 0 Å². The van der Waals surface area contributed by atoms with Crippen molar-refractivity contribution in [1.29, 1.82) is 0 Å². The molecule has 18 heavy (non-hydrogen) atoms. The van der Waals surface area contributed by atoms with Gasteiger partial charge in [-0.05, 0) is 50.2 Å². The average molecular weight is 310 g/mol. The molecule has 1 aliphatic carbocycles. The summed E-state index contributed by atoms with van der Waals surface area (Å²) >= 11 is 3.64. The molecule has 0 radical (unpaired) electrons. The molecule has 1 N–H and O–H groups in total. The largest absolute Gasteiger partial charge is 0.307 e. The van der Waals surface area contributed by atoms with Crippen molar-refractivity contribution < 1.29 is 0 Å². The quantitative estimate of drug-likeness (QED) is 0.819. The van der Waals surface area contributed by atoms with Crippen LogP contribution in [0.3, 0.4) is 0 Å². The van der Waals surface area contributed by atoms with E-state index < -0.39 is 0 Å². The molecule has 1 atom stereocenters. The van der Waals surface area contributed by atoms with E-state index in [9.17, 15) is 0 Å². The van der Waals surface area contributed by atoms with Gasteiger partial charge >= 0.3 is 0 Å². The number of hydrogen-bond donors (Lipinski definition) is 1. The minimum Gasteiger partial charge on any atom is -0.307 e. The molecule has 2 heteroatoms. The summed E-state index contributed by atoms with van der Waals surface area (Å²) in [5, 5.41) is 3.79. The summed E-state index contributed by atoms with van der Waals surface area (Å²) in [6, 6.07) is 9.67. The maximum absolute atomic E-state index is 3.79. The van der Waals surface area contributed by atoms with E-state index in [2.05, 4.69) is 59.4 Å². The number of halogens is 1. The van der Waals surface area contributed by atoms with Crippen LogP contribution in [0.2, 0.25) is 0 Å². The molecular weight excluding hydrogens is 286 g/mol. The molecule has 0 bridgehead atoms. The number of rotatable bonds is 4. The molecule has 100 valence electrons. The zero-order valence-corrected chi connectivity index (χ0v) is 13.0. The van der Waals surface area contributed by atoms with Gasteiger partial charge in [0.25, 0.3) is 0 Å². The van der Waals surface area contributed by atoms with Crippen LogP contribution in [-0.4, -0.2) is 6.04 Å². The molecule has 1 aromatic rings. The van der Waals surface area contributed by atoms with Gasteiger partial charge in [-0.15, -0.1) is 0 Å². The van der Waals surface area contributed by atoms with Crippen molar-refractivity contribution in [2.75, 3.05) is 0 Å². The van der Waals surface area contributed by atoms with Crippen molar-refractivity contribution in [3.05, 3.63) is 34.3 Å². The lowest BCUT2D eigenvalue weighted by Crippen LogP contribution is -2.35. The van der Waals surface area contributed by atoms with E-state index in [4.69, 9.17) is 0 Å². The van der Waals surface area contributed by atoms with E-state index in [1.165, 1.54) is 42.1 Å². The predicted octanol–water partition coefficient (Wildman–Crippen LogP) is 5.07. The molecule has 1 nitrogen and oxygen atoms in total. The highest BCUT2D eigenvalue weighted by Crippen LogP contribution is 2.29. The topological polar surface area (TPSA) is 12.0 Å². The summed E-state index contributed by atoms with van der Waals surface area (Å²) in [7, 11) is 0. The minimum absolute atomic E-state index is 0.434. The lowest BCUT2D eigenvalue weighted by atomic mass is 9.84. The normalized spacial score (nSPS) is 25.9. The Bertz CT molecular complexity index is 369. The third-order valence-electron chi connectivity index (χ3n) is 4.28. The molecule has 0 aliphatic heterocycles. The van der Waals surface area contributed by atoms with Crippen molar-refractivity contribution in [3.63, 3.8) is 0 Å². The summed E-state index contributed by atoms with van der Waals surface area (Å²) in [4.78, 5) is 0. The molecule has 0 saturated heterocycles. The molecule has 0 aromatic heterocycles. The summed E-state index contributed by atoms with van der Waals surface area (Å²) in [5.41, 5.74) is 1.37. The van der Waals surface area contributed by atoms with Crippen LogP contribution >= 0.6 is 15.9 Å². The molecule has 1 aliphatic rings. The zero-order valence-electron chi connectivity index (χ0n) is 11.5. The van der Waals surface area contributed by atoms with Gasteiger partial charge in [-0.3, -0.25) is 0 Å². The van der Waals surface area contributed by atoms with Gasteiger partial charge in [0, 0.05) is 16.6 Å². The highest BCUT2D eigenvalue weighted by molar-refractivity contribution is 9.10. The highest BCUT2D eigenvalue weighted by atomic mass is 79.9. The van der Waals surface area contributed by atoms with Crippen molar-refractivity contribution in [1.82, 2.24) is 5.32 Å². The Labute approximate surface area is 119 Å². The smallest absolute Gasteiger partial charge is 0.0305 e. The lowest BCUT2D eigenvalue weighted by Gasteiger charge is -2.31. The first kappa shape index (κ1) is 14.1. The second kappa shape index (κ2) is 6.72. The SMILES string of the molecule is CCC1CCC(N[C@@H](C)c2ccccc2Br)CC1. The van der Waals surface area contributed by atoms with Crippen molar-refractivity contribution in [2.24, 2.45) is 5.92 Å². The Kier molecular flexibility index (Phi) is 5.25. The Morgan fingerprint density at radius 1 is 1.22 bits per heavy atom. The molecule has 1 aromatic carbocycles. The van der Waals surface area contributed by atoms with Crippen LogP contribution in [0.4, 0.5) is 0 Å². The monoisotopic (exact) mass is 309 g/mol. The fourth-order valence-corrected chi connectivity index (χ4v) is 3.64. The lowest BCUT2D eigenvalue weighted by molar-refractivity contribution is 0.273. The number of benzene rings is 1. The number of nitrogens with one attached hydrogen (secondary N) is 1. The van der Waals surface area contributed by atoms with Crippen LogP contribution in [-0.2, 0) is 0 Å². The predicted molar refractivity (Wildman–Crippen MR) is 81.7 cm³/mol. The van der Waals surface area contributed by atoms with Crippen LogP contribution in [0.1, 0.15) is 57.6 Å². The van der Waals surface area contributed by atoms with Gasteiger partial charge in [0.2, 0.25) is 0 Å². The fourth-order valence-electron chi connectivity index (χ4n) is 3.01. The fraction of sp³-hybridized carbons (Fsp3) is 0.625. The van der Waals surface area contributed by atoms with Crippen LogP contribution in [0, 0.1) is 5.92 Å². The van der Waals surface area contributed by atoms with Crippen LogP contribution < -0.4 is 5.32 Å². The summed E-state index contributed by atoms with van der Waals surface area (Å²) < 4.78 is 1.22. The van der Waals surface area contributed by atoms with E-state index >= 15 is 0 Å². The minimum atomic E-state index is 0.434. The summed E-state index contributed by atoms with van der Waals surface area (Å²) in [5.74, 6) is 0.974. The van der Waals surface area contributed by atoms with Crippen LogP contribution in [0.25, 0.3) is 0 Å². The first-order valence-electron chi connectivity index (χ1n) is 7.21. The van der Waals surface area contributed by atoms with Gasteiger partial charge in [0.15, 0.2) is 0 Å². The Morgan fingerprint density at radius 3 is 2.50 bits per heavy atom. The van der Waals surface area contributed by atoms with E-state index in [0.29, 0.717) is 12.1 Å². The molecule has 0 amide bonds. The number of hydrogen-bond acceptors (Lipinski definition) is 1. The third kappa shape index (κ3) is 3.58. The molecule has 1 fully saturated rings. The van der Waals surface area contributed by atoms with Gasteiger partial charge in [0.1, 0.15) is 0 Å². The van der Waals surface area contributed by atoms with Gasteiger partial charge in [0.05, 0.1) is 0 Å². The molecule has 1 saturated carbocycles. The molecule has 0 unspecified atom stereocenters. The summed E-state index contributed by atoms with van der Waals surface area (Å²) in [6.45, 7) is 4.59. The molecular formula is C16H24BrN. The maximum Gasteiger partial charge on any atom is 0.0305 e. The Morgan fingerprint density at radius 2 is 1.89 bits per heavy atom. The Balaban J connectivity index is 1.89. The maximum atomic E-state index is 3.79. The molecule has 0 heterocycles. The molecule has 2 rings (SSSR count). The van der Waals surface area contributed by atoms with Crippen LogP contribution in [0.5, 0.6) is 0 Å². The van der Waals surface area contributed by atoms with E-state index in [1.807, 2.05) is 0 Å². The first-order valence-corrected chi connectivity index (χ1v) is 8.00. The first-order chi connectivity index (χ1) is 8.70. The van der Waals surface area contributed by atoms with Gasteiger partial charge < -0.3 is 5.32 Å². The van der Waals surface area contributed by atoms with E-state index in [1.54, 1.807) is 0 Å². The second-order valence-electron chi connectivity index (χ2n) is 5.54. The van der Waals surface area contributed by atoms with Gasteiger partial charge in [-0.25, -0.2) is 0 Å². The summed E-state index contributed by atoms with van der Waals surface area (Å²) in [6.07, 6.45) is 6.83. The van der Waals surface area contributed by atoms with Gasteiger partial charge in [-0.1, -0.05) is 47.5 Å². The average Bonchev–Trinajstić information content (AvgIpc) is 2.40. The van der Waals surface area contributed by atoms with Gasteiger partial charge in [-0.2, -0.15) is 0 Å². The van der Waals surface area contributed by atoms with Crippen molar-refractivity contribution in [2.45, 2.75) is 58.0 Å². The van der Waals surface area contributed by atoms with Crippen molar-refractivity contribution in [3.8, 4) is 0 Å². The highest BCUT2D eigenvalue weighted by Gasteiger charge is 2.21. The third-order valence-corrected chi connectivity index (χ3v) is 5.00. The molecule has 0 spiro atoms. The second-order valence-corrected chi connectivity index (χ2v) is 6.39. The van der Waals surface area contributed by atoms with E-state index in [0.717, 1.165) is 5.92 Å². The Hall–Kier alpha value is -0.340. The van der Waals surface area contributed by atoms with Crippen LogP contribution in [0.15, 0.2) is 28.7 Å².